The van der Waals surface area contributed by atoms with E-state index in [0.29, 0.717) is 17.7 Å². The lowest BCUT2D eigenvalue weighted by Crippen LogP contribution is -2.48. The number of alkyl carbamates (subject to hydrolysis) is 1. The van der Waals surface area contributed by atoms with Crippen LogP contribution in [0.2, 0.25) is 0 Å². The molecule has 0 aliphatic heterocycles. The first-order valence-corrected chi connectivity index (χ1v) is 10.3. The third kappa shape index (κ3) is 8.95. The van der Waals surface area contributed by atoms with Crippen LogP contribution in [0.5, 0.6) is 0 Å². The van der Waals surface area contributed by atoms with Crippen LogP contribution in [0.3, 0.4) is 0 Å². The molecule has 0 bridgehead atoms. The standard InChI is InChI=1S/C24H33N3O4/c1-7-10-15-25-22(29)21(19-13-11-18(9-3)12-14-19)27(16-8-2)20(28)17-26-23(30)31-24(4,5)6/h3,8,11-14,21H,2,7,10,15-17H2,1,4-6H3,(H,25,29)(H,26,30). The van der Waals surface area contributed by atoms with Crippen LogP contribution >= 0.6 is 0 Å². The van der Waals surface area contributed by atoms with Gasteiger partial charge < -0.3 is 20.3 Å². The summed E-state index contributed by atoms with van der Waals surface area (Å²) in [5.41, 5.74) is 0.594. The predicted molar refractivity (Wildman–Crippen MR) is 121 cm³/mol. The van der Waals surface area contributed by atoms with Gasteiger partial charge in [-0.1, -0.05) is 37.5 Å². The Morgan fingerprint density at radius 3 is 2.39 bits per heavy atom. The Bertz CT molecular complexity index is 804. The maximum Gasteiger partial charge on any atom is 0.408 e. The second-order valence-electron chi connectivity index (χ2n) is 8.00. The molecular weight excluding hydrogens is 394 g/mol. The lowest BCUT2D eigenvalue weighted by Gasteiger charge is -2.31. The van der Waals surface area contributed by atoms with E-state index < -0.39 is 23.6 Å². The Hall–Kier alpha value is -3.27. The van der Waals surface area contributed by atoms with E-state index >= 15 is 0 Å². The lowest BCUT2D eigenvalue weighted by atomic mass is 10.0. The van der Waals surface area contributed by atoms with Crippen molar-refractivity contribution in [2.24, 2.45) is 0 Å². The fraction of sp³-hybridized carbons (Fsp3) is 0.458. The van der Waals surface area contributed by atoms with E-state index in [1.165, 1.54) is 11.0 Å². The van der Waals surface area contributed by atoms with Crippen molar-refractivity contribution in [1.29, 1.82) is 0 Å². The minimum atomic E-state index is -0.894. The molecule has 0 saturated heterocycles. The summed E-state index contributed by atoms with van der Waals surface area (Å²) in [5, 5.41) is 5.33. The minimum Gasteiger partial charge on any atom is -0.444 e. The van der Waals surface area contributed by atoms with E-state index in [0.717, 1.165) is 12.8 Å². The van der Waals surface area contributed by atoms with Crippen molar-refractivity contribution >= 4 is 17.9 Å². The summed E-state index contributed by atoms with van der Waals surface area (Å²) in [6.45, 7) is 11.2. The molecule has 0 heterocycles. The van der Waals surface area contributed by atoms with Gasteiger partial charge in [0.25, 0.3) is 0 Å². The second-order valence-corrected chi connectivity index (χ2v) is 8.00. The van der Waals surface area contributed by atoms with Crippen molar-refractivity contribution in [2.45, 2.75) is 52.2 Å². The number of terminal acetylenes is 1. The molecule has 31 heavy (non-hydrogen) atoms. The summed E-state index contributed by atoms with van der Waals surface area (Å²) >= 11 is 0. The number of ether oxygens (including phenoxy) is 1. The Morgan fingerprint density at radius 2 is 1.87 bits per heavy atom. The van der Waals surface area contributed by atoms with Crippen molar-refractivity contribution in [3.05, 3.63) is 48.0 Å². The molecule has 1 aromatic carbocycles. The summed E-state index contributed by atoms with van der Waals surface area (Å²) < 4.78 is 5.17. The van der Waals surface area contributed by atoms with Crippen LogP contribution in [0.25, 0.3) is 0 Å². The molecule has 0 aromatic heterocycles. The molecule has 0 fully saturated rings. The monoisotopic (exact) mass is 427 g/mol. The molecule has 7 heteroatoms. The van der Waals surface area contributed by atoms with Crippen LogP contribution in [0.15, 0.2) is 36.9 Å². The van der Waals surface area contributed by atoms with Gasteiger partial charge in [-0.05, 0) is 44.9 Å². The van der Waals surface area contributed by atoms with Gasteiger partial charge in [0, 0.05) is 18.7 Å². The number of nitrogens with one attached hydrogen (secondary N) is 2. The highest BCUT2D eigenvalue weighted by molar-refractivity contribution is 5.90. The van der Waals surface area contributed by atoms with Crippen LogP contribution in [-0.4, -0.2) is 48.0 Å². The molecule has 0 radical (unpaired) electrons. The van der Waals surface area contributed by atoms with Crippen LogP contribution in [0, 0.1) is 12.3 Å². The predicted octanol–water partition coefficient (Wildman–Crippen LogP) is 3.16. The molecule has 0 aliphatic carbocycles. The van der Waals surface area contributed by atoms with Crippen LogP contribution in [0.1, 0.15) is 57.7 Å². The number of rotatable bonds is 10. The summed E-state index contributed by atoms with van der Waals surface area (Å²) in [4.78, 5) is 39.3. The Kier molecular flexibility index (Phi) is 10.3. The minimum absolute atomic E-state index is 0.123. The van der Waals surface area contributed by atoms with Gasteiger partial charge in [-0.2, -0.15) is 0 Å². The Labute approximate surface area is 185 Å². The second kappa shape index (κ2) is 12.4. The Balaban J connectivity index is 3.11. The maximum atomic E-state index is 13.0. The molecule has 2 N–H and O–H groups in total. The van der Waals surface area contributed by atoms with Gasteiger partial charge in [-0.15, -0.1) is 13.0 Å². The SMILES string of the molecule is C#Cc1ccc(C(C(=O)NCCCC)N(CC=C)C(=O)CNC(=O)OC(C)(C)C)cc1. The third-order valence-corrected chi connectivity index (χ3v) is 4.21. The normalized spacial score (nSPS) is 11.6. The van der Waals surface area contributed by atoms with E-state index in [1.807, 2.05) is 6.92 Å². The summed E-state index contributed by atoms with van der Waals surface area (Å²) in [7, 11) is 0. The number of unbranched alkanes of at least 4 members (excludes halogenated alkanes) is 1. The lowest BCUT2D eigenvalue weighted by molar-refractivity contribution is -0.139. The van der Waals surface area contributed by atoms with E-state index in [1.54, 1.807) is 45.0 Å². The molecule has 7 nitrogen and oxygen atoms in total. The van der Waals surface area contributed by atoms with Gasteiger partial charge in [0.15, 0.2) is 0 Å². The number of carbonyl (C=O) groups excluding carboxylic acids is 3. The average Bonchev–Trinajstić information content (AvgIpc) is 2.71. The van der Waals surface area contributed by atoms with Crippen molar-refractivity contribution in [3.8, 4) is 12.3 Å². The quantitative estimate of drug-likeness (QED) is 0.341. The number of benzene rings is 1. The molecule has 0 aliphatic rings. The molecule has 0 saturated carbocycles. The topological polar surface area (TPSA) is 87.7 Å². The average molecular weight is 428 g/mol. The number of nitrogens with zero attached hydrogens (tertiary/aromatic N) is 1. The van der Waals surface area contributed by atoms with Gasteiger partial charge >= 0.3 is 6.09 Å². The zero-order valence-corrected chi connectivity index (χ0v) is 18.9. The number of amides is 3. The third-order valence-electron chi connectivity index (χ3n) is 4.21. The van der Waals surface area contributed by atoms with Crippen molar-refractivity contribution < 1.29 is 19.1 Å². The molecule has 1 atom stereocenters. The van der Waals surface area contributed by atoms with E-state index in [4.69, 9.17) is 11.2 Å². The fourth-order valence-corrected chi connectivity index (χ4v) is 2.77. The summed E-state index contributed by atoms with van der Waals surface area (Å²) in [6, 6.07) is 6.00. The molecule has 1 unspecified atom stereocenters. The van der Waals surface area contributed by atoms with E-state index in [9.17, 15) is 14.4 Å². The van der Waals surface area contributed by atoms with Gasteiger partial charge in [0.05, 0.1) is 0 Å². The highest BCUT2D eigenvalue weighted by Gasteiger charge is 2.31. The van der Waals surface area contributed by atoms with Crippen molar-refractivity contribution in [3.63, 3.8) is 0 Å². The molecule has 1 aromatic rings. The van der Waals surface area contributed by atoms with Gasteiger partial charge in [-0.25, -0.2) is 4.79 Å². The van der Waals surface area contributed by atoms with E-state index in [-0.39, 0.29) is 19.0 Å². The van der Waals surface area contributed by atoms with Crippen molar-refractivity contribution in [1.82, 2.24) is 15.5 Å². The zero-order chi connectivity index (χ0) is 23.4. The number of hydrogen-bond acceptors (Lipinski definition) is 4. The Morgan fingerprint density at radius 1 is 1.23 bits per heavy atom. The summed E-state index contributed by atoms with van der Waals surface area (Å²) in [5.74, 6) is 1.78. The van der Waals surface area contributed by atoms with Crippen LogP contribution in [0.4, 0.5) is 4.79 Å². The number of hydrogen-bond donors (Lipinski definition) is 2. The summed E-state index contributed by atoms with van der Waals surface area (Å²) in [6.07, 6.45) is 8.00. The first-order valence-electron chi connectivity index (χ1n) is 10.3. The molecular formula is C24H33N3O4. The fourth-order valence-electron chi connectivity index (χ4n) is 2.77. The first-order chi connectivity index (χ1) is 14.6. The smallest absolute Gasteiger partial charge is 0.408 e. The first kappa shape index (κ1) is 25.8. The zero-order valence-electron chi connectivity index (χ0n) is 18.9. The van der Waals surface area contributed by atoms with Gasteiger partial charge in [0.1, 0.15) is 18.2 Å². The van der Waals surface area contributed by atoms with Crippen LogP contribution < -0.4 is 10.6 Å². The number of carbonyl (C=O) groups is 3. The molecule has 1 rings (SSSR count). The molecule has 0 spiro atoms. The van der Waals surface area contributed by atoms with Gasteiger partial charge in [-0.3, -0.25) is 9.59 Å². The molecule has 168 valence electrons. The largest absolute Gasteiger partial charge is 0.444 e. The van der Waals surface area contributed by atoms with Crippen LogP contribution in [-0.2, 0) is 14.3 Å². The highest BCUT2D eigenvalue weighted by atomic mass is 16.6. The highest BCUT2D eigenvalue weighted by Crippen LogP contribution is 2.22. The van der Waals surface area contributed by atoms with E-state index in [2.05, 4.69) is 23.1 Å². The van der Waals surface area contributed by atoms with Crippen molar-refractivity contribution in [2.75, 3.05) is 19.6 Å². The molecule has 3 amide bonds. The maximum absolute atomic E-state index is 13.0. The van der Waals surface area contributed by atoms with Gasteiger partial charge in [0.2, 0.25) is 11.8 Å².